The molecule has 0 radical (unpaired) electrons. The lowest BCUT2D eigenvalue weighted by atomic mass is 10.3. The van der Waals surface area contributed by atoms with Crippen LogP contribution in [-0.2, 0) is 6.54 Å². The Morgan fingerprint density at radius 1 is 1.50 bits per heavy atom. The number of amides is 1. The van der Waals surface area contributed by atoms with Crippen LogP contribution >= 0.6 is 11.3 Å². The van der Waals surface area contributed by atoms with Gasteiger partial charge in [0, 0.05) is 11.1 Å². The number of carboxylic acid groups (broad SMARTS) is 1. The van der Waals surface area contributed by atoms with Crippen molar-refractivity contribution in [1.29, 1.82) is 0 Å². The molecule has 94 valence electrons. The zero-order valence-corrected chi connectivity index (χ0v) is 9.71. The molecule has 1 amide bonds. The van der Waals surface area contributed by atoms with Crippen LogP contribution in [0, 0.1) is 0 Å². The number of hydrogen-bond donors (Lipinski definition) is 4. The first-order chi connectivity index (χ1) is 8.58. The quantitative estimate of drug-likeness (QED) is 0.610. The topological polar surface area (TPSA) is 128 Å². The molecule has 2 rings (SSSR count). The molecule has 0 unspecified atom stereocenters. The van der Waals surface area contributed by atoms with Crippen LogP contribution in [0.4, 0.5) is 0 Å². The summed E-state index contributed by atoms with van der Waals surface area (Å²) < 4.78 is 0. The van der Waals surface area contributed by atoms with Crippen LogP contribution in [-0.4, -0.2) is 31.9 Å². The SMILES string of the molecule is O=C(NCc1csc(=O)[nH]1)c1nc[nH]c1C(=O)O. The Kier molecular flexibility index (Phi) is 3.24. The number of aromatic amines is 2. The number of H-pyrrole nitrogens is 2. The summed E-state index contributed by atoms with van der Waals surface area (Å²) in [7, 11) is 0. The Morgan fingerprint density at radius 3 is 2.89 bits per heavy atom. The predicted molar refractivity (Wildman–Crippen MR) is 61.7 cm³/mol. The van der Waals surface area contributed by atoms with E-state index in [1.165, 1.54) is 0 Å². The molecule has 0 atom stereocenters. The van der Waals surface area contributed by atoms with Crippen molar-refractivity contribution in [2.24, 2.45) is 0 Å². The van der Waals surface area contributed by atoms with Gasteiger partial charge in [-0.05, 0) is 0 Å². The van der Waals surface area contributed by atoms with Gasteiger partial charge in [-0.25, -0.2) is 9.78 Å². The van der Waals surface area contributed by atoms with Crippen LogP contribution in [0.2, 0.25) is 0 Å². The van der Waals surface area contributed by atoms with Crippen molar-refractivity contribution in [3.63, 3.8) is 0 Å². The Hall–Kier alpha value is -2.42. The smallest absolute Gasteiger partial charge is 0.354 e. The van der Waals surface area contributed by atoms with Crippen molar-refractivity contribution in [1.82, 2.24) is 20.3 Å². The molecule has 2 heterocycles. The van der Waals surface area contributed by atoms with Gasteiger partial charge in [0.05, 0.1) is 12.9 Å². The number of nitrogens with one attached hydrogen (secondary N) is 3. The predicted octanol–water partition coefficient (Wildman–Crippen LogP) is -0.212. The first kappa shape index (κ1) is 12.0. The molecule has 2 aromatic rings. The van der Waals surface area contributed by atoms with Crippen molar-refractivity contribution >= 4 is 23.2 Å². The maximum atomic E-state index is 11.7. The van der Waals surface area contributed by atoms with E-state index in [1.807, 2.05) is 0 Å². The van der Waals surface area contributed by atoms with E-state index in [4.69, 9.17) is 5.11 Å². The Morgan fingerprint density at radius 2 is 2.28 bits per heavy atom. The van der Waals surface area contributed by atoms with Gasteiger partial charge < -0.3 is 20.4 Å². The molecule has 9 heteroatoms. The average Bonchev–Trinajstić information content (AvgIpc) is 2.94. The molecule has 18 heavy (non-hydrogen) atoms. The Bertz CT molecular complexity index is 641. The molecule has 0 fully saturated rings. The van der Waals surface area contributed by atoms with E-state index < -0.39 is 11.9 Å². The first-order valence-electron chi connectivity index (χ1n) is 4.79. The van der Waals surface area contributed by atoms with Gasteiger partial charge in [-0.3, -0.25) is 9.59 Å². The summed E-state index contributed by atoms with van der Waals surface area (Å²) in [5.41, 5.74) is 0.0807. The Labute approximate surface area is 104 Å². The number of rotatable bonds is 4. The second-order valence-corrected chi connectivity index (χ2v) is 4.13. The molecule has 2 aromatic heterocycles. The molecule has 8 nitrogen and oxygen atoms in total. The molecule has 4 N–H and O–H groups in total. The van der Waals surface area contributed by atoms with E-state index in [9.17, 15) is 14.4 Å². The fourth-order valence-corrected chi connectivity index (χ4v) is 1.87. The van der Waals surface area contributed by atoms with Gasteiger partial charge in [0.15, 0.2) is 11.4 Å². The lowest BCUT2D eigenvalue weighted by molar-refractivity contribution is 0.0685. The van der Waals surface area contributed by atoms with Gasteiger partial charge in [0.25, 0.3) is 5.91 Å². The van der Waals surface area contributed by atoms with Crippen LogP contribution in [0.5, 0.6) is 0 Å². The highest BCUT2D eigenvalue weighted by molar-refractivity contribution is 7.07. The van der Waals surface area contributed by atoms with E-state index in [0.29, 0.717) is 5.69 Å². The summed E-state index contributed by atoms with van der Waals surface area (Å²) in [6, 6.07) is 0. The second-order valence-electron chi connectivity index (χ2n) is 3.29. The van der Waals surface area contributed by atoms with Crippen molar-refractivity contribution in [3.05, 3.63) is 38.5 Å². The van der Waals surface area contributed by atoms with Crippen LogP contribution in [0.25, 0.3) is 0 Å². The van der Waals surface area contributed by atoms with Crippen LogP contribution in [0.15, 0.2) is 16.5 Å². The molecule has 0 saturated heterocycles. The third kappa shape index (κ3) is 2.46. The number of aromatic nitrogens is 3. The standard InChI is InChI=1S/C9H8N4O4S/c14-7(5-6(8(15)16)12-3-11-5)10-1-4-2-18-9(17)13-4/h2-3H,1H2,(H,10,14)(H,11,12)(H,13,17)(H,15,16). The molecule has 0 saturated carbocycles. The number of hydrogen-bond acceptors (Lipinski definition) is 5. The number of thiazole rings is 1. The monoisotopic (exact) mass is 268 g/mol. The summed E-state index contributed by atoms with van der Waals surface area (Å²) in [6.07, 6.45) is 1.13. The summed E-state index contributed by atoms with van der Waals surface area (Å²) in [6.45, 7) is 0.101. The van der Waals surface area contributed by atoms with Crippen molar-refractivity contribution in [3.8, 4) is 0 Å². The third-order valence-electron chi connectivity index (χ3n) is 2.08. The number of carboxylic acids is 1. The maximum Gasteiger partial charge on any atom is 0.354 e. The van der Waals surface area contributed by atoms with Gasteiger partial charge in [-0.2, -0.15) is 0 Å². The maximum absolute atomic E-state index is 11.7. The number of carbonyl (C=O) groups excluding carboxylic acids is 1. The number of carbonyl (C=O) groups is 2. The molecular weight excluding hydrogens is 260 g/mol. The number of imidazole rings is 1. The molecule has 0 aliphatic rings. The number of aromatic carboxylic acids is 1. The van der Waals surface area contributed by atoms with Gasteiger partial charge in [-0.15, -0.1) is 0 Å². The van der Waals surface area contributed by atoms with Crippen molar-refractivity contribution < 1.29 is 14.7 Å². The van der Waals surface area contributed by atoms with Gasteiger partial charge in [-0.1, -0.05) is 11.3 Å². The first-order valence-corrected chi connectivity index (χ1v) is 5.67. The minimum Gasteiger partial charge on any atom is -0.477 e. The van der Waals surface area contributed by atoms with Gasteiger partial charge >= 0.3 is 10.8 Å². The van der Waals surface area contributed by atoms with Crippen molar-refractivity contribution in [2.45, 2.75) is 6.54 Å². The molecule has 0 aliphatic heterocycles. The van der Waals surface area contributed by atoms with E-state index in [2.05, 4.69) is 20.3 Å². The Balaban J connectivity index is 2.06. The van der Waals surface area contributed by atoms with Gasteiger partial charge in [0.2, 0.25) is 0 Å². The summed E-state index contributed by atoms with van der Waals surface area (Å²) in [4.78, 5) is 41.6. The molecule has 0 bridgehead atoms. The van der Waals surface area contributed by atoms with E-state index in [1.54, 1.807) is 5.38 Å². The van der Waals surface area contributed by atoms with E-state index in [0.717, 1.165) is 17.7 Å². The normalized spacial score (nSPS) is 10.2. The molecule has 0 aliphatic carbocycles. The van der Waals surface area contributed by atoms with E-state index in [-0.39, 0.29) is 22.8 Å². The minimum absolute atomic E-state index is 0.101. The minimum atomic E-state index is -1.26. The third-order valence-corrected chi connectivity index (χ3v) is 2.80. The largest absolute Gasteiger partial charge is 0.477 e. The molecule has 0 aromatic carbocycles. The highest BCUT2D eigenvalue weighted by atomic mass is 32.1. The van der Waals surface area contributed by atoms with Crippen LogP contribution < -0.4 is 10.2 Å². The molecular formula is C9H8N4O4S. The average molecular weight is 268 g/mol. The fourth-order valence-electron chi connectivity index (χ4n) is 1.29. The highest BCUT2D eigenvalue weighted by Gasteiger charge is 2.19. The van der Waals surface area contributed by atoms with Crippen molar-refractivity contribution in [2.75, 3.05) is 0 Å². The summed E-state index contributed by atoms with van der Waals surface area (Å²) in [5.74, 6) is -1.89. The second kappa shape index (κ2) is 4.84. The summed E-state index contributed by atoms with van der Waals surface area (Å²) >= 11 is 0.983. The fraction of sp³-hybridized carbons (Fsp3) is 0.111. The lowest BCUT2D eigenvalue weighted by Crippen LogP contribution is -2.25. The van der Waals surface area contributed by atoms with Crippen LogP contribution in [0.3, 0.4) is 0 Å². The van der Waals surface area contributed by atoms with Crippen LogP contribution in [0.1, 0.15) is 26.7 Å². The van der Waals surface area contributed by atoms with Gasteiger partial charge in [0.1, 0.15) is 0 Å². The van der Waals surface area contributed by atoms with E-state index >= 15 is 0 Å². The zero-order chi connectivity index (χ0) is 13.1. The molecule has 0 spiro atoms. The zero-order valence-electron chi connectivity index (χ0n) is 8.89. The highest BCUT2D eigenvalue weighted by Crippen LogP contribution is 2.03. The number of nitrogens with zero attached hydrogens (tertiary/aromatic N) is 1. The lowest BCUT2D eigenvalue weighted by Gasteiger charge is -2.01. The summed E-state index contributed by atoms with van der Waals surface area (Å²) in [5, 5.41) is 12.8.